The molecular formula is C16H31NO3. The number of esters is 1. The molecule has 1 aliphatic carbocycles. The standard InChI is InChI=1S/C16H31NO3/c1-6-17-16(4,15(18)19-5)11-13(3)20-14-9-7-8-12(2)10-14/h12-14,17H,6-11H2,1-5H3. The molecule has 0 heterocycles. The van der Waals surface area contributed by atoms with E-state index in [1.165, 1.54) is 20.0 Å². The number of methoxy groups -OCH3 is 1. The summed E-state index contributed by atoms with van der Waals surface area (Å²) in [5, 5.41) is 3.23. The topological polar surface area (TPSA) is 47.6 Å². The summed E-state index contributed by atoms with van der Waals surface area (Å²) in [7, 11) is 1.44. The molecule has 1 N–H and O–H groups in total. The molecule has 0 radical (unpaired) electrons. The number of nitrogens with one attached hydrogen (secondary N) is 1. The van der Waals surface area contributed by atoms with E-state index in [-0.39, 0.29) is 12.1 Å². The van der Waals surface area contributed by atoms with Crippen molar-refractivity contribution in [2.24, 2.45) is 5.92 Å². The van der Waals surface area contributed by atoms with E-state index in [1.807, 2.05) is 13.8 Å². The van der Waals surface area contributed by atoms with Crippen molar-refractivity contribution in [3.63, 3.8) is 0 Å². The summed E-state index contributed by atoms with van der Waals surface area (Å²) in [5.74, 6) is 0.536. The number of hydrogen-bond donors (Lipinski definition) is 1. The number of carbonyl (C=O) groups excluding carboxylic acids is 1. The molecule has 4 atom stereocenters. The number of ether oxygens (including phenoxy) is 2. The minimum absolute atomic E-state index is 0.0495. The molecule has 1 aliphatic rings. The Kier molecular flexibility index (Phi) is 6.96. The molecular weight excluding hydrogens is 254 g/mol. The van der Waals surface area contributed by atoms with Gasteiger partial charge < -0.3 is 14.8 Å². The van der Waals surface area contributed by atoms with Crippen molar-refractivity contribution in [2.45, 2.75) is 77.5 Å². The quantitative estimate of drug-likeness (QED) is 0.731. The van der Waals surface area contributed by atoms with Gasteiger partial charge in [0.25, 0.3) is 0 Å². The van der Waals surface area contributed by atoms with Crippen LogP contribution in [0, 0.1) is 5.92 Å². The third kappa shape index (κ3) is 5.06. The molecule has 0 amide bonds. The Labute approximate surface area is 123 Å². The molecule has 0 aliphatic heterocycles. The second-order valence-corrected chi connectivity index (χ2v) is 6.40. The SMILES string of the molecule is CCNC(C)(CC(C)OC1CCCC(C)C1)C(=O)OC. The second kappa shape index (κ2) is 7.99. The molecule has 4 nitrogen and oxygen atoms in total. The molecule has 1 fully saturated rings. The zero-order chi connectivity index (χ0) is 15.2. The van der Waals surface area contributed by atoms with Crippen LogP contribution in [0.1, 0.15) is 59.8 Å². The van der Waals surface area contributed by atoms with Gasteiger partial charge in [-0.3, -0.25) is 4.79 Å². The van der Waals surface area contributed by atoms with E-state index >= 15 is 0 Å². The largest absolute Gasteiger partial charge is 0.468 e. The molecule has 4 unspecified atom stereocenters. The van der Waals surface area contributed by atoms with Gasteiger partial charge in [-0.15, -0.1) is 0 Å². The van der Waals surface area contributed by atoms with E-state index in [2.05, 4.69) is 19.2 Å². The molecule has 1 rings (SSSR count). The predicted molar refractivity (Wildman–Crippen MR) is 80.7 cm³/mol. The number of hydrogen-bond acceptors (Lipinski definition) is 4. The first kappa shape index (κ1) is 17.4. The minimum atomic E-state index is -0.663. The second-order valence-electron chi connectivity index (χ2n) is 6.40. The van der Waals surface area contributed by atoms with Gasteiger partial charge in [0.1, 0.15) is 5.54 Å². The fourth-order valence-electron chi connectivity index (χ4n) is 3.30. The molecule has 0 aromatic rings. The predicted octanol–water partition coefficient (Wildman–Crippen LogP) is 2.90. The van der Waals surface area contributed by atoms with Crippen molar-refractivity contribution in [3.05, 3.63) is 0 Å². The van der Waals surface area contributed by atoms with Crippen LogP contribution in [-0.2, 0) is 14.3 Å². The maximum atomic E-state index is 12.0. The molecule has 0 spiro atoms. The highest BCUT2D eigenvalue weighted by atomic mass is 16.5. The lowest BCUT2D eigenvalue weighted by atomic mass is 9.88. The van der Waals surface area contributed by atoms with Crippen LogP contribution in [0.25, 0.3) is 0 Å². The highest BCUT2D eigenvalue weighted by Crippen LogP contribution is 2.28. The van der Waals surface area contributed by atoms with Gasteiger partial charge >= 0.3 is 5.97 Å². The smallest absolute Gasteiger partial charge is 0.325 e. The maximum absolute atomic E-state index is 12.0. The molecule has 0 aromatic heterocycles. The summed E-state index contributed by atoms with van der Waals surface area (Å²) in [6.45, 7) is 8.97. The van der Waals surface area contributed by atoms with Crippen LogP contribution in [0.3, 0.4) is 0 Å². The molecule has 20 heavy (non-hydrogen) atoms. The fourth-order valence-corrected chi connectivity index (χ4v) is 3.30. The minimum Gasteiger partial charge on any atom is -0.468 e. The molecule has 1 saturated carbocycles. The van der Waals surface area contributed by atoms with E-state index in [1.54, 1.807) is 0 Å². The van der Waals surface area contributed by atoms with Gasteiger partial charge in [0, 0.05) is 6.42 Å². The van der Waals surface area contributed by atoms with Crippen LogP contribution < -0.4 is 5.32 Å². The van der Waals surface area contributed by atoms with Crippen LogP contribution in [0.15, 0.2) is 0 Å². The van der Waals surface area contributed by atoms with Crippen LogP contribution in [0.5, 0.6) is 0 Å². The lowest BCUT2D eigenvalue weighted by molar-refractivity contribution is -0.150. The molecule has 4 heteroatoms. The average Bonchev–Trinajstić information content (AvgIpc) is 2.37. The zero-order valence-electron chi connectivity index (χ0n) is 13.7. The molecule has 0 aromatic carbocycles. The van der Waals surface area contributed by atoms with Crippen LogP contribution in [0.2, 0.25) is 0 Å². The van der Waals surface area contributed by atoms with Crippen LogP contribution in [0.4, 0.5) is 0 Å². The fraction of sp³-hybridized carbons (Fsp3) is 0.938. The van der Waals surface area contributed by atoms with E-state index < -0.39 is 5.54 Å². The normalized spacial score (nSPS) is 27.6. The monoisotopic (exact) mass is 285 g/mol. The first-order chi connectivity index (χ1) is 9.41. The Morgan fingerprint density at radius 1 is 1.45 bits per heavy atom. The van der Waals surface area contributed by atoms with Crippen molar-refractivity contribution in [2.75, 3.05) is 13.7 Å². The van der Waals surface area contributed by atoms with E-state index in [0.717, 1.165) is 25.3 Å². The van der Waals surface area contributed by atoms with Gasteiger partial charge in [0.15, 0.2) is 0 Å². The highest BCUT2D eigenvalue weighted by Gasteiger charge is 2.36. The summed E-state index contributed by atoms with van der Waals surface area (Å²) >= 11 is 0. The van der Waals surface area contributed by atoms with Crippen molar-refractivity contribution < 1.29 is 14.3 Å². The lowest BCUT2D eigenvalue weighted by Crippen LogP contribution is -2.52. The third-order valence-corrected chi connectivity index (χ3v) is 4.21. The summed E-state index contributed by atoms with van der Waals surface area (Å²) < 4.78 is 11.1. The maximum Gasteiger partial charge on any atom is 0.325 e. The van der Waals surface area contributed by atoms with Crippen LogP contribution in [-0.4, -0.2) is 37.4 Å². The van der Waals surface area contributed by atoms with Gasteiger partial charge in [-0.05, 0) is 39.2 Å². The molecule has 0 bridgehead atoms. The summed E-state index contributed by atoms with van der Waals surface area (Å²) in [4.78, 5) is 12.0. The van der Waals surface area contributed by atoms with Gasteiger partial charge in [-0.2, -0.15) is 0 Å². The Morgan fingerprint density at radius 2 is 2.15 bits per heavy atom. The van der Waals surface area contributed by atoms with Crippen molar-refractivity contribution in [1.29, 1.82) is 0 Å². The highest BCUT2D eigenvalue weighted by molar-refractivity contribution is 5.80. The first-order valence-corrected chi connectivity index (χ1v) is 7.90. The molecule has 118 valence electrons. The molecule has 0 saturated heterocycles. The first-order valence-electron chi connectivity index (χ1n) is 7.90. The van der Waals surface area contributed by atoms with Gasteiger partial charge in [0.2, 0.25) is 0 Å². The zero-order valence-corrected chi connectivity index (χ0v) is 13.7. The average molecular weight is 285 g/mol. The van der Waals surface area contributed by atoms with Gasteiger partial charge in [-0.1, -0.05) is 26.7 Å². The van der Waals surface area contributed by atoms with E-state index in [0.29, 0.717) is 12.5 Å². The van der Waals surface area contributed by atoms with Gasteiger partial charge in [0.05, 0.1) is 19.3 Å². The Hall–Kier alpha value is -0.610. The number of likely N-dealkylation sites (N-methyl/N-ethyl adjacent to an activating group) is 1. The Balaban J connectivity index is 2.53. The third-order valence-electron chi connectivity index (χ3n) is 4.21. The number of carbonyl (C=O) groups is 1. The summed E-state index contributed by atoms with van der Waals surface area (Å²) in [6, 6.07) is 0. The van der Waals surface area contributed by atoms with E-state index in [4.69, 9.17) is 9.47 Å². The summed E-state index contributed by atoms with van der Waals surface area (Å²) in [6.07, 6.45) is 5.88. The van der Waals surface area contributed by atoms with Crippen molar-refractivity contribution in [1.82, 2.24) is 5.32 Å². The van der Waals surface area contributed by atoms with Crippen molar-refractivity contribution >= 4 is 5.97 Å². The lowest BCUT2D eigenvalue weighted by Gasteiger charge is -2.34. The Morgan fingerprint density at radius 3 is 2.70 bits per heavy atom. The van der Waals surface area contributed by atoms with Crippen molar-refractivity contribution in [3.8, 4) is 0 Å². The van der Waals surface area contributed by atoms with E-state index in [9.17, 15) is 4.79 Å². The summed E-state index contributed by atoms with van der Waals surface area (Å²) in [5.41, 5.74) is -0.663. The van der Waals surface area contributed by atoms with Crippen LogP contribution >= 0.6 is 0 Å². The van der Waals surface area contributed by atoms with Gasteiger partial charge in [-0.25, -0.2) is 0 Å². The Bertz CT molecular complexity index is 308. The number of rotatable bonds is 7.